The van der Waals surface area contributed by atoms with E-state index in [1.807, 2.05) is 20.9 Å². The van der Waals surface area contributed by atoms with Crippen LogP contribution < -0.4 is 9.46 Å². The zero-order chi connectivity index (χ0) is 18.4. The number of piperazine rings is 1. The van der Waals surface area contributed by atoms with E-state index in [2.05, 4.69) is 9.62 Å². The number of benzene rings is 1. The lowest BCUT2D eigenvalue weighted by atomic mass is 10.3. The van der Waals surface area contributed by atoms with Crippen molar-refractivity contribution in [3.8, 4) is 5.75 Å². The van der Waals surface area contributed by atoms with Gasteiger partial charge in [-0.3, -0.25) is 4.79 Å². The topological polar surface area (TPSA) is 78.9 Å². The first-order valence-electron chi connectivity index (χ1n) is 8.53. The van der Waals surface area contributed by atoms with Crippen LogP contribution in [0.4, 0.5) is 0 Å². The largest absolute Gasteiger partial charge is 0.484 e. The number of carbonyl (C=O) groups is 1. The maximum atomic E-state index is 12.2. The number of amides is 1. The average molecular weight is 369 g/mol. The molecule has 1 atom stereocenters. The Labute approximate surface area is 150 Å². The zero-order valence-corrected chi connectivity index (χ0v) is 15.9. The second-order valence-electron chi connectivity index (χ2n) is 6.37. The third-order valence-corrected chi connectivity index (χ3v) is 5.93. The molecule has 0 radical (unpaired) electrons. The highest BCUT2D eigenvalue weighted by Gasteiger charge is 2.20. The SMILES string of the molecule is CC[C@@H](C)NS(=O)(=O)c1ccc(OCC(=O)N2CCN(C)CC2)cc1. The maximum absolute atomic E-state index is 12.2. The molecule has 8 heteroatoms. The molecule has 1 aliphatic rings. The van der Waals surface area contributed by atoms with Gasteiger partial charge in [0.15, 0.2) is 6.61 Å². The first kappa shape index (κ1) is 19.7. The monoisotopic (exact) mass is 369 g/mol. The smallest absolute Gasteiger partial charge is 0.260 e. The van der Waals surface area contributed by atoms with Gasteiger partial charge >= 0.3 is 0 Å². The molecule has 0 spiro atoms. The number of likely N-dealkylation sites (N-methyl/N-ethyl adjacent to an activating group) is 1. The van der Waals surface area contributed by atoms with Crippen LogP contribution in [0.25, 0.3) is 0 Å². The van der Waals surface area contributed by atoms with Gasteiger partial charge in [-0.1, -0.05) is 6.92 Å². The van der Waals surface area contributed by atoms with E-state index in [1.165, 1.54) is 12.1 Å². The number of hydrogen-bond acceptors (Lipinski definition) is 5. The van der Waals surface area contributed by atoms with E-state index < -0.39 is 10.0 Å². The van der Waals surface area contributed by atoms with Crippen molar-refractivity contribution in [2.75, 3.05) is 39.8 Å². The molecule has 0 aliphatic carbocycles. The molecular formula is C17H27N3O4S. The standard InChI is InChI=1S/C17H27N3O4S/c1-4-14(2)18-25(22,23)16-7-5-15(6-8-16)24-13-17(21)20-11-9-19(3)10-12-20/h5-8,14,18H,4,9-13H2,1-3H3/t14-/m1/s1. The summed E-state index contributed by atoms with van der Waals surface area (Å²) in [6.07, 6.45) is 0.717. The van der Waals surface area contributed by atoms with Crippen LogP contribution in [0.2, 0.25) is 0 Å². The quantitative estimate of drug-likeness (QED) is 0.773. The summed E-state index contributed by atoms with van der Waals surface area (Å²) >= 11 is 0. The Morgan fingerprint density at radius 2 is 1.80 bits per heavy atom. The van der Waals surface area contributed by atoms with Gasteiger partial charge < -0.3 is 14.5 Å². The summed E-state index contributed by atoms with van der Waals surface area (Å²) < 4.78 is 32.5. The number of nitrogens with one attached hydrogen (secondary N) is 1. The molecule has 1 aromatic rings. The summed E-state index contributed by atoms with van der Waals surface area (Å²) in [6.45, 7) is 6.83. The lowest BCUT2D eigenvalue weighted by Gasteiger charge is -2.32. The number of nitrogens with zero attached hydrogens (tertiary/aromatic N) is 2. The minimum absolute atomic E-state index is 0.0407. The highest BCUT2D eigenvalue weighted by atomic mass is 32.2. The van der Waals surface area contributed by atoms with Crippen LogP contribution in [-0.4, -0.2) is 70.0 Å². The Hall–Kier alpha value is -1.64. The maximum Gasteiger partial charge on any atom is 0.260 e. The number of rotatable bonds is 7. The number of carbonyl (C=O) groups excluding carboxylic acids is 1. The van der Waals surface area contributed by atoms with Crippen molar-refractivity contribution in [3.63, 3.8) is 0 Å². The molecule has 140 valence electrons. The molecule has 0 aromatic heterocycles. The molecule has 2 rings (SSSR count). The molecule has 7 nitrogen and oxygen atoms in total. The normalized spacial score (nSPS) is 17.3. The van der Waals surface area contributed by atoms with E-state index in [0.717, 1.165) is 19.5 Å². The molecule has 1 amide bonds. The van der Waals surface area contributed by atoms with Crippen LogP contribution in [0.15, 0.2) is 29.2 Å². The van der Waals surface area contributed by atoms with Gasteiger partial charge in [-0.05, 0) is 44.7 Å². The van der Waals surface area contributed by atoms with Crippen molar-refractivity contribution in [2.24, 2.45) is 0 Å². The number of hydrogen-bond donors (Lipinski definition) is 1. The first-order chi connectivity index (χ1) is 11.8. The van der Waals surface area contributed by atoms with Crippen LogP contribution in [0.5, 0.6) is 5.75 Å². The molecule has 1 N–H and O–H groups in total. The summed E-state index contributed by atoms with van der Waals surface area (Å²) in [6, 6.07) is 5.99. The van der Waals surface area contributed by atoms with Gasteiger partial charge in [0, 0.05) is 32.2 Å². The van der Waals surface area contributed by atoms with Crippen LogP contribution in [0, 0.1) is 0 Å². The highest BCUT2D eigenvalue weighted by Crippen LogP contribution is 2.16. The average Bonchev–Trinajstić information content (AvgIpc) is 2.60. The lowest BCUT2D eigenvalue weighted by molar-refractivity contribution is -0.134. The number of ether oxygens (including phenoxy) is 1. The van der Waals surface area contributed by atoms with Crippen molar-refractivity contribution in [1.29, 1.82) is 0 Å². The van der Waals surface area contributed by atoms with Crippen molar-refractivity contribution < 1.29 is 17.9 Å². The first-order valence-corrected chi connectivity index (χ1v) is 10.0. The van der Waals surface area contributed by atoms with Gasteiger partial charge in [0.05, 0.1) is 4.90 Å². The summed E-state index contributed by atoms with van der Waals surface area (Å²) in [4.78, 5) is 16.3. The van der Waals surface area contributed by atoms with Crippen molar-refractivity contribution in [3.05, 3.63) is 24.3 Å². The van der Waals surface area contributed by atoms with Crippen LogP contribution >= 0.6 is 0 Å². The summed E-state index contributed by atoms with van der Waals surface area (Å²) in [5.74, 6) is 0.424. The molecular weight excluding hydrogens is 342 g/mol. The minimum Gasteiger partial charge on any atom is -0.484 e. The fourth-order valence-corrected chi connectivity index (χ4v) is 3.75. The highest BCUT2D eigenvalue weighted by molar-refractivity contribution is 7.89. The van der Waals surface area contributed by atoms with Crippen LogP contribution in [0.3, 0.4) is 0 Å². The van der Waals surface area contributed by atoms with E-state index >= 15 is 0 Å². The third kappa shape index (κ3) is 5.69. The molecule has 0 unspecified atom stereocenters. The van der Waals surface area contributed by atoms with Gasteiger partial charge in [0.1, 0.15) is 5.75 Å². The Morgan fingerprint density at radius 1 is 1.20 bits per heavy atom. The second kappa shape index (κ2) is 8.64. The van der Waals surface area contributed by atoms with Crippen molar-refractivity contribution in [1.82, 2.24) is 14.5 Å². The predicted octanol–water partition coefficient (Wildman–Crippen LogP) is 0.916. The fraction of sp³-hybridized carbons (Fsp3) is 0.588. The molecule has 25 heavy (non-hydrogen) atoms. The van der Waals surface area contributed by atoms with E-state index in [4.69, 9.17) is 4.74 Å². The molecule has 1 aromatic carbocycles. The van der Waals surface area contributed by atoms with E-state index in [9.17, 15) is 13.2 Å². The van der Waals surface area contributed by atoms with Gasteiger partial charge in [-0.2, -0.15) is 0 Å². The van der Waals surface area contributed by atoms with Crippen LogP contribution in [-0.2, 0) is 14.8 Å². The van der Waals surface area contributed by atoms with Gasteiger partial charge in [-0.15, -0.1) is 0 Å². The zero-order valence-electron chi connectivity index (χ0n) is 15.1. The van der Waals surface area contributed by atoms with Crippen molar-refractivity contribution in [2.45, 2.75) is 31.2 Å². The minimum atomic E-state index is -3.53. The summed E-state index contributed by atoms with van der Waals surface area (Å²) in [7, 11) is -1.50. The van der Waals surface area contributed by atoms with Gasteiger partial charge in [-0.25, -0.2) is 13.1 Å². The van der Waals surface area contributed by atoms with Gasteiger partial charge in [0.2, 0.25) is 10.0 Å². The Balaban J connectivity index is 1.89. The lowest BCUT2D eigenvalue weighted by Crippen LogP contribution is -2.48. The molecule has 1 fully saturated rings. The summed E-state index contributed by atoms with van der Waals surface area (Å²) in [5, 5.41) is 0. The van der Waals surface area contributed by atoms with Crippen LogP contribution in [0.1, 0.15) is 20.3 Å². The molecule has 1 saturated heterocycles. The second-order valence-corrected chi connectivity index (χ2v) is 8.09. The number of sulfonamides is 1. The Bertz CT molecular complexity index is 668. The fourth-order valence-electron chi connectivity index (χ4n) is 2.42. The summed E-state index contributed by atoms with van der Waals surface area (Å²) in [5.41, 5.74) is 0. The molecule has 1 aliphatic heterocycles. The molecule has 0 saturated carbocycles. The van der Waals surface area contributed by atoms with E-state index in [-0.39, 0.29) is 23.5 Å². The van der Waals surface area contributed by atoms with E-state index in [1.54, 1.807) is 17.0 Å². The Morgan fingerprint density at radius 3 is 2.36 bits per heavy atom. The van der Waals surface area contributed by atoms with E-state index in [0.29, 0.717) is 18.8 Å². The third-order valence-electron chi connectivity index (χ3n) is 4.32. The van der Waals surface area contributed by atoms with Gasteiger partial charge in [0.25, 0.3) is 5.91 Å². The predicted molar refractivity (Wildman–Crippen MR) is 96.1 cm³/mol. The van der Waals surface area contributed by atoms with Crippen molar-refractivity contribution >= 4 is 15.9 Å². The Kier molecular flexibility index (Phi) is 6.80. The molecule has 1 heterocycles. The molecule has 0 bridgehead atoms.